The molecule has 1 fully saturated rings. The average molecular weight is 350 g/mol. The highest BCUT2D eigenvalue weighted by Gasteiger charge is 2.23. The molecule has 2 atom stereocenters. The second-order valence-corrected chi connectivity index (χ2v) is 6.86. The van der Waals surface area contributed by atoms with Gasteiger partial charge in [0.1, 0.15) is 12.4 Å². The van der Waals surface area contributed by atoms with E-state index in [1.54, 1.807) is 0 Å². The van der Waals surface area contributed by atoms with E-state index in [9.17, 15) is 0 Å². The molecule has 3 N–H and O–H groups in total. The topological polar surface area (TPSA) is 78.8 Å². The van der Waals surface area contributed by atoms with Gasteiger partial charge in [-0.25, -0.2) is 9.97 Å². The monoisotopic (exact) mass is 350 g/mol. The normalized spacial score (nSPS) is 20.5. The van der Waals surface area contributed by atoms with Crippen molar-refractivity contribution in [3.63, 3.8) is 0 Å². The van der Waals surface area contributed by atoms with E-state index < -0.39 is 0 Å². The molecule has 26 heavy (non-hydrogen) atoms. The van der Waals surface area contributed by atoms with Crippen LogP contribution in [0.25, 0.3) is 22.3 Å². The molecule has 134 valence electrons. The van der Waals surface area contributed by atoms with Gasteiger partial charge < -0.3 is 15.4 Å². The summed E-state index contributed by atoms with van der Waals surface area (Å²) >= 11 is 0. The maximum atomic E-state index is 5.83. The van der Waals surface area contributed by atoms with Gasteiger partial charge in [0.25, 0.3) is 0 Å². The Bertz CT molecular complexity index is 919. The lowest BCUT2D eigenvalue weighted by Gasteiger charge is -2.36. The molecule has 1 aliphatic heterocycles. The highest BCUT2D eigenvalue weighted by Crippen LogP contribution is 2.24. The predicted molar refractivity (Wildman–Crippen MR) is 102 cm³/mol. The fraction of sp³-hybridized carbons (Fsp3) is 0.350. The zero-order valence-electron chi connectivity index (χ0n) is 15.2. The summed E-state index contributed by atoms with van der Waals surface area (Å²) in [6.07, 6.45) is 2.26. The van der Waals surface area contributed by atoms with E-state index in [2.05, 4.69) is 35.5 Å². The summed E-state index contributed by atoms with van der Waals surface area (Å²) in [5, 5.41) is 1.03. The molecular formula is C20H24N5O+. The number of fused-ring (bicyclic) bond motifs is 1. The summed E-state index contributed by atoms with van der Waals surface area (Å²) in [5.41, 5.74) is 7.52. The molecule has 0 unspecified atom stereocenters. The lowest BCUT2D eigenvalue weighted by molar-refractivity contribution is -0.387. The van der Waals surface area contributed by atoms with Gasteiger partial charge >= 0.3 is 0 Å². The minimum atomic E-state index is 0.205. The molecular weight excluding hydrogens is 326 g/mol. The smallest absolute Gasteiger partial charge is 0.129 e. The van der Waals surface area contributed by atoms with Crippen molar-refractivity contribution in [2.24, 2.45) is 0 Å². The van der Waals surface area contributed by atoms with E-state index in [1.807, 2.05) is 36.5 Å². The van der Waals surface area contributed by atoms with Crippen molar-refractivity contribution in [1.82, 2.24) is 15.0 Å². The second-order valence-electron chi connectivity index (χ2n) is 6.86. The first-order valence-corrected chi connectivity index (χ1v) is 9.05. The van der Waals surface area contributed by atoms with Crippen molar-refractivity contribution in [3.05, 3.63) is 48.3 Å². The summed E-state index contributed by atoms with van der Waals surface area (Å²) in [6, 6.07) is 12.2. The summed E-state index contributed by atoms with van der Waals surface area (Å²) in [6.45, 7) is 6.56. The highest BCUT2D eigenvalue weighted by molar-refractivity contribution is 5.80. The lowest BCUT2D eigenvalue weighted by atomic mass is 10.2. The molecule has 4 rings (SSSR count). The third-order valence-electron chi connectivity index (χ3n) is 4.63. The second kappa shape index (κ2) is 6.97. The molecule has 0 radical (unpaired) electrons. The van der Waals surface area contributed by atoms with Crippen LogP contribution in [0.2, 0.25) is 0 Å². The van der Waals surface area contributed by atoms with Crippen LogP contribution in [0.4, 0.5) is 5.82 Å². The van der Waals surface area contributed by atoms with Gasteiger partial charge in [0.2, 0.25) is 0 Å². The van der Waals surface area contributed by atoms with Crippen molar-refractivity contribution < 1.29 is 10.5 Å². The predicted octanol–water partition coefficient (Wildman–Crippen LogP) is 2.05. The van der Waals surface area contributed by atoms with Crippen LogP contribution >= 0.6 is 0 Å². The Kier molecular flexibility index (Phi) is 4.53. The molecule has 0 spiro atoms. The van der Waals surface area contributed by atoms with Gasteiger partial charge in [-0.05, 0) is 44.2 Å². The van der Waals surface area contributed by atoms with Gasteiger partial charge in [0.15, 0.2) is 0 Å². The largest absolute Gasteiger partial charge is 0.372 e. The first-order valence-electron chi connectivity index (χ1n) is 9.05. The van der Waals surface area contributed by atoms with Gasteiger partial charge in [0, 0.05) is 24.7 Å². The highest BCUT2D eigenvalue weighted by atomic mass is 16.5. The fourth-order valence-electron chi connectivity index (χ4n) is 3.44. The number of anilines is 1. The van der Waals surface area contributed by atoms with E-state index in [0.29, 0.717) is 6.54 Å². The minimum absolute atomic E-state index is 0.205. The number of hydrogen-bond donors (Lipinski definition) is 1. The zero-order chi connectivity index (χ0) is 18.1. The van der Waals surface area contributed by atoms with Crippen molar-refractivity contribution in [2.75, 3.05) is 18.0 Å². The molecule has 1 saturated heterocycles. The Morgan fingerprint density at radius 1 is 1.08 bits per heavy atom. The van der Waals surface area contributed by atoms with Crippen molar-refractivity contribution >= 4 is 16.7 Å². The summed E-state index contributed by atoms with van der Waals surface area (Å²) in [7, 11) is 0. The number of aromatic nitrogens is 3. The molecule has 0 saturated carbocycles. The van der Waals surface area contributed by atoms with Crippen LogP contribution in [0.15, 0.2) is 42.6 Å². The van der Waals surface area contributed by atoms with Gasteiger partial charge in [-0.1, -0.05) is 6.07 Å². The summed E-state index contributed by atoms with van der Waals surface area (Å²) < 4.78 is 5.83. The molecule has 0 aromatic carbocycles. The van der Waals surface area contributed by atoms with Gasteiger partial charge in [0.05, 0.1) is 34.8 Å². The van der Waals surface area contributed by atoms with E-state index in [4.69, 9.17) is 14.7 Å². The van der Waals surface area contributed by atoms with Crippen LogP contribution in [0, 0.1) is 0 Å². The van der Waals surface area contributed by atoms with Crippen LogP contribution in [0.1, 0.15) is 19.5 Å². The molecule has 0 bridgehead atoms. The molecule has 6 nitrogen and oxygen atoms in total. The summed E-state index contributed by atoms with van der Waals surface area (Å²) in [5.74, 6) is 0.972. The van der Waals surface area contributed by atoms with Gasteiger partial charge in [-0.2, -0.15) is 0 Å². The van der Waals surface area contributed by atoms with Crippen molar-refractivity contribution in [3.8, 4) is 11.4 Å². The molecule has 0 aliphatic carbocycles. The van der Waals surface area contributed by atoms with Crippen LogP contribution in [0.3, 0.4) is 0 Å². The zero-order valence-corrected chi connectivity index (χ0v) is 15.2. The minimum Gasteiger partial charge on any atom is -0.372 e. The Morgan fingerprint density at radius 2 is 1.85 bits per heavy atom. The first-order chi connectivity index (χ1) is 12.6. The Balaban J connectivity index is 1.68. The van der Waals surface area contributed by atoms with Crippen LogP contribution < -0.4 is 10.6 Å². The number of quaternary nitrogens is 1. The number of ether oxygens (including phenoxy) is 1. The number of nitrogens with zero attached hydrogens (tertiary/aromatic N) is 4. The van der Waals surface area contributed by atoms with Crippen molar-refractivity contribution in [2.45, 2.75) is 32.6 Å². The number of hydrogen-bond acceptors (Lipinski definition) is 5. The van der Waals surface area contributed by atoms with E-state index in [0.717, 1.165) is 46.9 Å². The standard InChI is InChI=1S/C20H23N5O/c1-13-11-25(12-14(2)26-13)20-5-3-4-17(24-20)18-7-6-15-10-22-16(9-21)8-19(15)23-18/h3-8,10,13-14H,9,11-12,21H2,1-2H3/p+1/t13-,14+. The maximum absolute atomic E-state index is 5.83. The Morgan fingerprint density at radius 3 is 2.62 bits per heavy atom. The van der Waals surface area contributed by atoms with Crippen LogP contribution in [-0.4, -0.2) is 40.2 Å². The van der Waals surface area contributed by atoms with Crippen molar-refractivity contribution in [1.29, 1.82) is 0 Å². The summed E-state index contributed by atoms with van der Waals surface area (Å²) in [4.78, 5) is 16.3. The molecule has 4 heterocycles. The first kappa shape index (κ1) is 16.9. The third-order valence-corrected chi connectivity index (χ3v) is 4.63. The fourth-order valence-corrected chi connectivity index (χ4v) is 3.44. The van der Waals surface area contributed by atoms with E-state index in [1.165, 1.54) is 0 Å². The van der Waals surface area contributed by atoms with Gasteiger partial charge in [-0.15, -0.1) is 0 Å². The number of morpholine rings is 1. The average Bonchev–Trinajstić information content (AvgIpc) is 2.66. The van der Waals surface area contributed by atoms with E-state index >= 15 is 0 Å². The molecule has 3 aromatic heterocycles. The molecule has 1 aliphatic rings. The number of rotatable bonds is 3. The molecule has 6 heteroatoms. The SMILES string of the molecule is C[C@@H]1CN(c2cccc(-c3ccc4cnc(C[NH3+])cc4n3)n2)C[C@H](C)O1. The lowest BCUT2D eigenvalue weighted by Crippen LogP contribution is -2.47. The van der Waals surface area contributed by atoms with Crippen LogP contribution in [-0.2, 0) is 11.3 Å². The van der Waals surface area contributed by atoms with Crippen LogP contribution in [0.5, 0.6) is 0 Å². The Hall–Kier alpha value is -2.57. The number of pyridine rings is 3. The third kappa shape index (κ3) is 3.38. The van der Waals surface area contributed by atoms with Gasteiger partial charge in [-0.3, -0.25) is 4.98 Å². The maximum Gasteiger partial charge on any atom is 0.129 e. The Labute approximate surface area is 153 Å². The van der Waals surface area contributed by atoms with E-state index in [-0.39, 0.29) is 12.2 Å². The molecule has 3 aromatic rings. The quantitative estimate of drug-likeness (QED) is 0.782. The molecule has 0 amide bonds.